The van der Waals surface area contributed by atoms with Gasteiger partial charge in [0.25, 0.3) is 5.56 Å². The van der Waals surface area contributed by atoms with Crippen molar-refractivity contribution in [3.05, 3.63) is 56.7 Å². The molecule has 14 heteroatoms. The van der Waals surface area contributed by atoms with Crippen molar-refractivity contribution in [3.8, 4) is 11.8 Å². The van der Waals surface area contributed by atoms with E-state index >= 15 is 0 Å². The number of hydrogen-bond acceptors (Lipinski definition) is 9. The Morgan fingerprint density at radius 2 is 1.79 bits per heavy atom. The Morgan fingerprint density at radius 3 is 2.39 bits per heavy atom. The summed E-state index contributed by atoms with van der Waals surface area (Å²) in [6.07, 6.45) is -6.96. The van der Waals surface area contributed by atoms with E-state index in [-0.39, 0.29) is 18.7 Å². The van der Waals surface area contributed by atoms with Crippen LogP contribution in [0.25, 0.3) is 0 Å². The summed E-state index contributed by atoms with van der Waals surface area (Å²) in [4.78, 5) is 60.0. The number of halogens is 3. The Kier molecular flexibility index (Phi) is 7.61. The van der Waals surface area contributed by atoms with E-state index in [4.69, 9.17) is 4.84 Å². The van der Waals surface area contributed by atoms with Gasteiger partial charge in [-0.05, 0) is 12.5 Å². The molecule has 38 heavy (non-hydrogen) atoms. The maximum Gasteiger partial charge on any atom is 0.493 e. The molecule has 0 spiro atoms. The fraction of sp³-hybridized carbons (Fsp3) is 0.417. The van der Waals surface area contributed by atoms with Gasteiger partial charge in [-0.3, -0.25) is 19.1 Å². The molecular formula is C24H25F3N6O5. The summed E-state index contributed by atoms with van der Waals surface area (Å²) >= 11 is 0. The number of fused-ring (bicyclic) bond motifs is 1. The highest BCUT2D eigenvalue weighted by Gasteiger charge is 2.51. The van der Waals surface area contributed by atoms with Crippen LogP contribution in [0.15, 0.2) is 39.9 Å². The van der Waals surface area contributed by atoms with Gasteiger partial charge >= 0.3 is 17.8 Å². The minimum Gasteiger partial charge on any atom is -0.327 e. The van der Waals surface area contributed by atoms with Gasteiger partial charge in [0, 0.05) is 33.2 Å². The molecule has 4 rings (SSSR count). The fourth-order valence-electron chi connectivity index (χ4n) is 4.38. The molecular weight excluding hydrogens is 509 g/mol. The normalized spacial score (nSPS) is 17.6. The molecule has 0 radical (unpaired) electrons. The van der Waals surface area contributed by atoms with Crippen LogP contribution in [0.1, 0.15) is 17.3 Å². The van der Waals surface area contributed by atoms with Gasteiger partial charge in [-0.2, -0.15) is 13.2 Å². The van der Waals surface area contributed by atoms with E-state index in [1.165, 1.54) is 4.90 Å². The van der Waals surface area contributed by atoms with E-state index in [2.05, 4.69) is 17.2 Å². The van der Waals surface area contributed by atoms with Crippen molar-refractivity contribution in [3.63, 3.8) is 0 Å². The second kappa shape index (κ2) is 10.7. The zero-order valence-corrected chi connectivity index (χ0v) is 20.6. The van der Waals surface area contributed by atoms with Crippen molar-refractivity contribution in [1.29, 1.82) is 0 Å². The van der Waals surface area contributed by atoms with Crippen LogP contribution in [-0.2, 0) is 23.1 Å². The molecule has 2 aliphatic heterocycles. The zero-order chi connectivity index (χ0) is 27.6. The number of anilines is 2. The molecule has 0 saturated carbocycles. The van der Waals surface area contributed by atoms with Gasteiger partial charge in [-0.15, -0.1) is 11.0 Å². The maximum atomic E-state index is 13.5. The first-order valence-electron chi connectivity index (χ1n) is 11.7. The summed E-state index contributed by atoms with van der Waals surface area (Å²) in [6, 6.07) is 8.37. The number of benzene rings is 1. The predicted octanol–water partition coefficient (Wildman–Crippen LogP) is 0.289. The van der Waals surface area contributed by atoms with Crippen LogP contribution in [0.4, 0.5) is 24.7 Å². The average molecular weight is 534 g/mol. The lowest BCUT2D eigenvalue weighted by molar-refractivity contribution is -0.203. The zero-order valence-electron chi connectivity index (χ0n) is 20.6. The monoisotopic (exact) mass is 534 g/mol. The third kappa shape index (κ3) is 5.02. The minimum atomic E-state index is -5.39. The molecule has 1 aromatic carbocycles. The third-order valence-electron chi connectivity index (χ3n) is 6.16. The van der Waals surface area contributed by atoms with E-state index < -0.39 is 41.4 Å². The quantitative estimate of drug-likeness (QED) is 0.542. The summed E-state index contributed by atoms with van der Waals surface area (Å²) in [5, 5.41) is 3.66. The van der Waals surface area contributed by atoms with E-state index in [1.54, 1.807) is 42.2 Å². The molecule has 3 heterocycles. The van der Waals surface area contributed by atoms with E-state index in [1.807, 2.05) is 0 Å². The molecule has 1 atom stereocenters. The summed E-state index contributed by atoms with van der Waals surface area (Å²) in [5.41, 5.74) is -1.73. The number of hydroxylamine groups is 1. The van der Waals surface area contributed by atoms with Crippen molar-refractivity contribution < 1.29 is 27.6 Å². The second-order valence-electron chi connectivity index (χ2n) is 8.60. The van der Waals surface area contributed by atoms with E-state index in [0.717, 1.165) is 7.05 Å². The van der Waals surface area contributed by atoms with Gasteiger partial charge in [0.05, 0.1) is 13.0 Å². The predicted molar refractivity (Wildman–Crippen MR) is 130 cm³/mol. The summed E-state index contributed by atoms with van der Waals surface area (Å²) in [7, 11) is 1.16. The molecule has 0 aliphatic carbocycles. The standard InChI is InChI=1S/C24H25F3N6O5/c1-3-4-12-31-18-19(33(38-21(36)24(25,26)27)22(31)30-13-10-28-11-14-30)32(23(37)29(2)20(18)35)17(34)15-16-8-6-5-7-9-16/h5-9,22,28H,10-15H2,1-2H3. The van der Waals surface area contributed by atoms with Crippen LogP contribution < -0.4 is 26.5 Å². The van der Waals surface area contributed by atoms with Crippen molar-refractivity contribution in [2.75, 3.05) is 42.7 Å². The SMILES string of the molecule is CC#CCN1c2c(n(C(=O)Cc3ccccc3)c(=O)n(C)c2=O)N(OC(=O)C(F)(F)F)C1N1CCNCC1. The Bertz CT molecular complexity index is 1400. The molecule has 1 N–H and O–H groups in total. The molecule has 0 bridgehead atoms. The highest BCUT2D eigenvalue weighted by molar-refractivity contribution is 5.89. The van der Waals surface area contributed by atoms with Gasteiger partial charge in [0.2, 0.25) is 5.91 Å². The minimum absolute atomic E-state index is 0.154. The van der Waals surface area contributed by atoms with Gasteiger partial charge in [0.1, 0.15) is 0 Å². The molecule has 2 aromatic rings. The lowest BCUT2D eigenvalue weighted by Gasteiger charge is -2.40. The number of aromatic nitrogens is 2. The third-order valence-corrected chi connectivity index (χ3v) is 6.16. The molecule has 1 unspecified atom stereocenters. The van der Waals surface area contributed by atoms with Gasteiger partial charge in [-0.25, -0.2) is 14.2 Å². The lowest BCUT2D eigenvalue weighted by atomic mass is 10.1. The number of nitrogens with one attached hydrogen (secondary N) is 1. The van der Waals surface area contributed by atoms with Crippen LogP contribution in [0.3, 0.4) is 0 Å². The summed E-state index contributed by atoms with van der Waals surface area (Å²) in [5.74, 6) is 1.49. The van der Waals surface area contributed by atoms with Gasteiger partial charge < -0.3 is 15.1 Å². The first kappa shape index (κ1) is 27.0. The van der Waals surface area contributed by atoms with Crippen LogP contribution in [0, 0.1) is 11.8 Å². The fourth-order valence-corrected chi connectivity index (χ4v) is 4.38. The number of hydrogen-bond donors (Lipinski definition) is 1. The number of alkyl halides is 3. The number of rotatable bonds is 5. The Morgan fingerprint density at radius 1 is 1.13 bits per heavy atom. The van der Waals surface area contributed by atoms with Crippen LogP contribution in [-0.4, -0.2) is 71.1 Å². The molecule has 2 aliphatic rings. The number of carbonyl (C=O) groups excluding carboxylic acids is 2. The Hall–Kier alpha value is -4.09. The van der Waals surface area contributed by atoms with Crippen LogP contribution in [0.5, 0.6) is 0 Å². The number of nitrogens with zero attached hydrogens (tertiary/aromatic N) is 5. The van der Waals surface area contributed by atoms with Crippen molar-refractivity contribution in [2.24, 2.45) is 7.05 Å². The Balaban J connectivity index is 1.96. The topological polar surface area (TPSA) is 109 Å². The highest BCUT2D eigenvalue weighted by atomic mass is 19.4. The van der Waals surface area contributed by atoms with Crippen molar-refractivity contribution in [2.45, 2.75) is 25.8 Å². The number of piperazine rings is 1. The summed E-state index contributed by atoms with van der Waals surface area (Å²) < 4.78 is 41.3. The van der Waals surface area contributed by atoms with Crippen molar-refractivity contribution >= 4 is 23.4 Å². The maximum absolute atomic E-state index is 13.5. The molecule has 1 saturated heterocycles. The average Bonchev–Trinajstić information content (AvgIpc) is 3.20. The molecule has 202 valence electrons. The smallest absolute Gasteiger partial charge is 0.327 e. The first-order valence-corrected chi connectivity index (χ1v) is 11.7. The van der Waals surface area contributed by atoms with Crippen molar-refractivity contribution in [1.82, 2.24) is 19.4 Å². The molecule has 1 fully saturated rings. The number of carbonyl (C=O) groups is 2. The van der Waals surface area contributed by atoms with E-state index in [9.17, 15) is 32.3 Å². The first-order chi connectivity index (χ1) is 18.1. The van der Waals surface area contributed by atoms with E-state index in [0.29, 0.717) is 45.9 Å². The lowest BCUT2D eigenvalue weighted by Crippen LogP contribution is -2.61. The molecule has 1 aromatic heterocycles. The molecule has 11 nitrogen and oxygen atoms in total. The summed E-state index contributed by atoms with van der Waals surface area (Å²) in [6.45, 7) is 2.91. The molecule has 0 amide bonds. The highest BCUT2D eigenvalue weighted by Crippen LogP contribution is 2.38. The van der Waals surface area contributed by atoms with Gasteiger partial charge in [-0.1, -0.05) is 36.3 Å². The second-order valence-corrected chi connectivity index (χ2v) is 8.60. The largest absolute Gasteiger partial charge is 0.493 e. The van der Waals surface area contributed by atoms with Crippen LogP contribution >= 0.6 is 0 Å². The van der Waals surface area contributed by atoms with Gasteiger partial charge in [0.15, 0.2) is 17.8 Å². The van der Waals surface area contributed by atoms with Crippen LogP contribution in [0.2, 0.25) is 0 Å². The Labute approximate surface area is 214 Å².